The van der Waals surface area contributed by atoms with Crippen molar-refractivity contribution in [2.45, 2.75) is 31.8 Å². The van der Waals surface area contributed by atoms with Crippen LogP contribution in [0.15, 0.2) is 6.33 Å². The lowest BCUT2D eigenvalue weighted by Crippen LogP contribution is -2.45. The van der Waals surface area contributed by atoms with E-state index in [1.807, 2.05) is 0 Å². The lowest BCUT2D eigenvalue weighted by Gasteiger charge is -2.26. The molecule has 2 fully saturated rings. The van der Waals surface area contributed by atoms with Gasteiger partial charge < -0.3 is 11.1 Å². The summed E-state index contributed by atoms with van der Waals surface area (Å²) in [6, 6.07) is 0.0449. The van der Waals surface area contributed by atoms with Gasteiger partial charge in [0.2, 0.25) is 5.91 Å². The monoisotopic (exact) mass is 235 g/mol. The zero-order valence-corrected chi connectivity index (χ0v) is 9.60. The Morgan fingerprint density at radius 2 is 2.35 bits per heavy atom. The number of nitrogens with zero attached hydrogens (tertiary/aromatic N) is 2. The van der Waals surface area contributed by atoms with E-state index in [1.54, 1.807) is 0 Å². The van der Waals surface area contributed by atoms with Crippen LogP contribution in [0.1, 0.15) is 25.1 Å². The Kier molecular flexibility index (Phi) is 2.58. The number of rotatable bonds is 3. The van der Waals surface area contributed by atoms with Gasteiger partial charge in [-0.3, -0.25) is 9.89 Å². The predicted octanol–water partition coefficient (Wildman–Crippen LogP) is -0.206. The molecule has 1 aromatic heterocycles. The van der Waals surface area contributed by atoms with Gasteiger partial charge in [0, 0.05) is 6.04 Å². The van der Waals surface area contributed by atoms with Crippen LogP contribution in [0.2, 0.25) is 0 Å². The number of fused-ring (bicyclic) bond motifs is 2. The maximum Gasteiger partial charge on any atom is 0.225 e. The highest BCUT2D eigenvalue weighted by Crippen LogP contribution is 2.47. The highest BCUT2D eigenvalue weighted by Gasteiger charge is 2.48. The van der Waals surface area contributed by atoms with Crippen LogP contribution < -0.4 is 11.1 Å². The van der Waals surface area contributed by atoms with E-state index in [-0.39, 0.29) is 17.9 Å². The second-order valence-electron chi connectivity index (χ2n) is 5.09. The predicted molar refractivity (Wildman–Crippen MR) is 60.5 cm³/mol. The molecule has 1 heterocycles. The second kappa shape index (κ2) is 4.10. The summed E-state index contributed by atoms with van der Waals surface area (Å²) in [6.45, 7) is 0.402. The molecule has 0 aromatic carbocycles. The summed E-state index contributed by atoms with van der Waals surface area (Å²) in [5.74, 6) is 1.79. The van der Waals surface area contributed by atoms with E-state index < -0.39 is 0 Å². The van der Waals surface area contributed by atoms with Crippen LogP contribution in [0.4, 0.5) is 0 Å². The molecule has 6 nitrogen and oxygen atoms in total. The number of nitrogens with two attached hydrogens (primary N) is 1. The number of hydrogen-bond donors (Lipinski definition) is 3. The zero-order valence-electron chi connectivity index (χ0n) is 9.60. The highest BCUT2D eigenvalue weighted by atomic mass is 16.1. The molecule has 3 rings (SSSR count). The molecule has 0 spiro atoms. The second-order valence-corrected chi connectivity index (χ2v) is 5.09. The Balaban J connectivity index is 1.59. The molecule has 0 aliphatic heterocycles. The lowest BCUT2D eigenvalue weighted by atomic mass is 9.84. The van der Waals surface area contributed by atoms with E-state index in [4.69, 9.17) is 5.73 Å². The minimum atomic E-state index is -0.00308. The van der Waals surface area contributed by atoms with Gasteiger partial charge in [-0.15, -0.1) is 0 Å². The number of H-pyrrole nitrogens is 1. The number of amides is 1. The van der Waals surface area contributed by atoms with Crippen molar-refractivity contribution in [3.05, 3.63) is 12.2 Å². The Labute approximate surface area is 99.4 Å². The first-order chi connectivity index (χ1) is 8.25. The van der Waals surface area contributed by atoms with Crippen molar-refractivity contribution in [2.75, 3.05) is 0 Å². The van der Waals surface area contributed by atoms with Crippen LogP contribution in [0.25, 0.3) is 0 Å². The van der Waals surface area contributed by atoms with Gasteiger partial charge in [0.1, 0.15) is 12.2 Å². The number of nitrogens with one attached hydrogen (secondary N) is 2. The van der Waals surface area contributed by atoms with Gasteiger partial charge in [-0.2, -0.15) is 5.10 Å². The van der Waals surface area contributed by atoms with Crippen LogP contribution >= 0.6 is 0 Å². The maximum absolute atomic E-state index is 12.1. The fraction of sp³-hybridized carbons (Fsp3) is 0.727. The number of carbonyl (C=O) groups excluding carboxylic acids is 1. The van der Waals surface area contributed by atoms with Gasteiger partial charge in [0.05, 0.1) is 12.5 Å². The first-order valence-electron chi connectivity index (χ1n) is 6.13. The largest absolute Gasteiger partial charge is 0.349 e. The third-order valence-electron chi connectivity index (χ3n) is 4.18. The van der Waals surface area contributed by atoms with Crippen LogP contribution in [-0.2, 0) is 11.3 Å². The average Bonchev–Trinajstić information content (AvgIpc) is 3.02. The Hall–Kier alpha value is -1.43. The highest BCUT2D eigenvalue weighted by molar-refractivity contribution is 5.80. The van der Waals surface area contributed by atoms with Gasteiger partial charge in [0.25, 0.3) is 0 Å². The summed E-state index contributed by atoms with van der Waals surface area (Å²) in [5.41, 5.74) is 6.12. The Bertz CT molecular complexity index is 402. The summed E-state index contributed by atoms with van der Waals surface area (Å²) >= 11 is 0. The van der Waals surface area contributed by atoms with Gasteiger partial charge in [-0.1, -0.05) is 0 Å². The minimum Gasteiger partial charge on any atom is -0.349 e. The molecular formula is C11H17N5O. The van der Waals surface area contributed by atoms with E-state index >= 15 is 0 Å². The molecule has 2 bridgehead atoms. The van der Waals surface area contributed by atoms with Gasteiger partial charge in [0.15, 0.2) is 0 Å². The summed E-state index contributed by atoms with van der Waals surface area (Å²) in [6.07, 6.45) is 4.91. The van der Waals surface area contributed by atoms with E-state index in [1.165, 1.54) is 12.7 Å². The van der Waals surface area contributed by atoms with Crippen molar-refractivity contribution in [1.82, 2.24) is 20.5 Å². The van der Waals surface area contributed by atoms with E-state index in [2.05, 4.69) is 20.5 Å². The average molecular weight is 235 g/mol. The molecule has 4 unspecified atom stereocenters. The summed E-state index contributed by atoms with van der Waals surface area (Å²) in [5, 5.41) is 9.35. The van der Waals surface area contributed by atoms with Crippen molar-refractivity contribution >= 4 is 5.91 Å². The zero-order chi connectivity index (χ0) is 11.8. The molecular weight excluding hydrogens is 218 g/mol. The fourth-order valence-corrected chi connectivity index (χ4v) is 3.33. The van der Waals surface area contributed by atoms with E-state index in [0.29, 0.717) is 24.2 Å². The quantitative estimate of drug-likeness (QED) is 0.675. The molecule has 4 atom stereocenters. The van der Waals surface area contributed by atoms with Crippen LogP contribution in [0.3, 0.4) is 0 Å². The standard InChI is InChI=1S/C11H17N5O/c12-10-7-2-1-6(3-7)9(10)11(17)13-4-8-14-5-15-16-8/h5-7,9-10H,1-4,12H2,(H,13,17)(H,14,15,16). The molecule has 17 heavy (non-hydrogen) atoms. The molecule has 4 N–H and O–H groups in total. The number of aromatic amines is 1. The summed E-state index contributed by atoms with van der Waals surface area (Å²) in [7, 11) is 0. The molecule has 1 aromatic rings. The maximum atomic E-state index is 12.1. The first kappa shape index (κ1) is 10.7. The molecule has 2 aliphatic carbocycles. The molecule has 1 amide bonds. The smallest absolute Gasteiger partial charge is 0.225 e. The summed E-state index contributed by atoms with van der Waals surface area (Å²) in [4.78, 5) is 16.1. The van der Waals surface area contributed by atoms with Crippen molar-refractivity contribution in [3.63, 3.8) is 0 Å². The third kappa shape index (κ3) is 1.82. The SMILES string of the molecule is NC1C2CCC(C2)C1C(=O)NCc1ncn[nH]1. The lowest BCUT2D eigenvalue weighted by molar-refractivity contribution is -0.127. The van der Waals surface area contributed by atoms with E-state index in [9.17, 15) is 4.79 Å². The van der Waals surface area contributed by atoms with Crippen LogP contribution in [-0.4, -0.2) is 27.1 Å². The normalized spacial score (nSPS) is 35.1. The number of aromatic nitrogens is 3. The number of carbonyl (C=O) groups is 1. The molecule has 92 valence electrons. The molecule has 0 radical (unpaired) electrons. The topological polar surface area (TPSA) is 96.7 Å². The fourth-order valence-electron chi connectivity index (χ4n) is 3.33. The van der Waals surface area contributed by atoms with Crippen molar-refractivity contribution in [1.29, 1.82) is 0 Å². The van der Waals surface area contributed by atoms with Crippen molar-refractivity contribution in [2.24, 2.45) is 23.5 Å². The molecule has 2 saturated carbocycles. The number of hydrogen-bond acceptors (Lipinski definition) is 4. The molecule has 6 heteroatoms. The third-order valence-corrected chi connectivity index (χ3v) is 4.18. The summed E-state index contributed by atoms with van der Waals surface area (Å²) < 4.78 is 0. The van der Waals surface area contributed by atoms with Crippen LogP contribution in [0, 0.1) is 17.8 Å². The Morgan fingerprint density at radius 3 is 3.00 bits per heavy atom. The van der Waals surface area contributed by atoms with Crippen molar-refractivity contribution < 1.29 is 4.79 Å². The molecule has 2 aliphatic rings. The molecule has 0 saturated heterocycles. The van der Waals surface area contributed by atoms with Gasteiger partial charge in [-0.05, 0) is 31.1 Å². The first-order valence-corrected chi connectivity index (χ1v) is 6.13. The van der Waals surface area contributed by atoms with Crippen LogP contribution in [0.5, 0.6) is 0 Å². The van der Waals surface area contributed by atoms with Gasteiger partial charge >= 0.3 is 0 Å². The minimum absolute atomic E-state index is 0.00308. The van der Waals surface area contributed by atoms with Crippen molar-refractivity contribution in [3.8, 4) is 0 Å². The van der Waals surface area contributed by atoms with E-state index in [0.717, 1.165) is 12.8 Å². The Morgan fingerprint density at radius 1 is 1.53 bits per heavy atom. The van der Waals surface area contributed by atoms with Gasteiger partial charge in [-0.25, -0.2) is 4.98 Å².